The Labute approximate surface area is 82.7 Å². The Balaban J connectivity index is 1.94. The van der Waals surface area contributed by atoms with Crippen molar-refractivity contribution in [3.63, 3.8) is 0 Å². The molecule has 0 amide bonds. The fourth-order valence-electron chi connectivity index (χ4n) is 2.82. The molecule has 76 valence electrons. The molecule has 0 aliphatic carbocycles. The molecule has 2 rings (SSSR count). The Hall–Kier alpha value is 0.137. The van der Waals surface area contributed by atoms with Gasteiger partial charge >= 0.3 is 0 Å². The van der Waals surface area contributed by atoms with Crippen molar-refractivity contribution < 1.29 is 0 Å². The predicted molar refractivity (Wildman–Crippen MR) is 58.8 cm³/mol. The Bertz CT molecular complexity index is 160. The van der Waals surface area contributed by atoms with Gasteiger partial charge in [0.1, 0.15) is 0 Å². The van der Waals surface area contributed by atoms with E-state index in [9.17, 15) is 0 Å². The molecule has 2 nitrogen and oxygen atoms in total. The number of hydrogen-bond donors (Lipinski definition) is 1. The molecule has 0 unspecified atom stereocenters. The fourth-order valence-corrected chi connectivity index (χ4v) is 6.63. The minimum Gasteiger partial charge on any atom is -0.339 e. The molecule has 2 saturated heterocycles. The van der Waals surface area contributed by atoms with E-state index in [4.69, 9.17) is 5.40 Å². The summed E-state index contributed by atoms with van der Waals surface area (Å²) >= 11 is 0. The average Bonchev–Trinajstić information content (AvgIpc) is 2.20. The smallest absolute Gasteiger partial charge is 0.201 e. The number of hydrogen-bond acceptors (Lipinski definition) is 2. The summed E-state index contributed by atoms with van der Waals surface area (Å²) in [4.78, 5) is 0. The van der Waals surface area contributed by atoms with Crippen molar-refractivity contribution in [3.8, 4) is 0 Å². The van der Waals surface area contributed by atoms with Crippen LogP contribution in [0.5, 0.6) is 0 Å². The van der Waals surface area contributed by atoms with Gasteiger partial charge < -0.3 is 9.96 Å². The van der Waals surface area contributed by atoms with Crippen molar-refractivity contribution in [2.24, 2.45) is 5.40 Å². The first-order chi connectivity index (χ1) is 6.31. The lowest BCUT2D eigenvalue weighted by Gasteiger charge is -2.43. The minimum atomic E-state index is -1.40. The van der Waals surface area contributed by atoms with Crippen LogP contribution in [0.4, 0.5) is 0 Å². The lowest BCUT2D eigenvalue weighted by Crippen LogP contribution is -2.63. The number of rotatable bonds is 1. The zero-order valence-corrected chi connectivity index (χ0v) is 9.60. The summed E-state index contributed by atoms with van der Waals surface area (Å²) in [6, 6.07) is 2.74. The molecule has 0 radical (unpaired) electrons. The van der Waals surface area contributed by atoms with Crippen LogP contribution in [0.1, 0.15) is 38.5 Å². The summed E-state index contributed by atoms with van der Waals surface area (Å²) < 4.78 is 2.69. The van der Waals surface area contributed by atoms with Crippen LogP contribution in [-0.4, -0.2) is 26.1 Å². The van der Waals surface area contributed by atoms with Crippen molar-refractivity contribution in [2.75, 3.05) is 13.1 Å². The van der Waals surface area contributed by atoms with Crippen molar-refractivity contribution in [3.05, 3.63) is 0 Å². The highest BCUT2D eigenvalue weighted by molar-refractivity contribution is 6.74. The molecule has 0 aromatic carbocycles. The van der Waals surface area contributed by atoms with E-state index in [1.165, 1.54) is 63.7 Å². The third kappa shape index (κ3) is 2.14. The van der Waals surface area contributed by atoms with Crippen molar-refractivity contribution >= 4 is 8.40 Å². The second-order valence-electron chi connectivity index (χ2n) is 4.71. The van der Waals surface area contributed by atoms with Crippen LogP contribution in [0.3, 0.4) is 0 Å². The Morgan fingerprint density at radius 2 is 1.31 bits per heavy atom. The predicted octanol–water partition coefficient (Wildman–Crippen LogP) is 2.06. The van der Waals surface area contributed by atoms with E-state index in [0.717, 1.165) is 0 Å². The summed E-state index contributed by atoms with van der Waals surface area (Å²) in [5.74, 6) is 0. The van der Waals surface area contributed by atoms with Gasteiger partial charge in [0.15, 0.2) is 0 Å². The quantitative estimate of drug-likeness (QED) is 0.654. The Kier molecular flexibility index (Phi) is 3.06. The first-order valence-corrected chi connectivity index (χ1v) is 8.29. The molecule has 0 bridgehead atoms. The third-order valence-corrected chi connectivity index (χ3v) is 7.85. The number of nitrogens with two attached hydrogens (primary N) is 1. The van der Waals surface area contributed by atoms with E-state index in [-0.39, 0.29) is 0 Å². The SMILES string of the molecule is N[Si]1(N2CCCCC2)CCCCC1. The molecule has 0 aromatic heterocycles. The van der Waals surface area contributed by atoms with E-state index in [1.807, 2.05) is 0 Å². The molecule has 13 heavy (non-hydrogen) atoms. The van der Waals surface area contributed by atoms with Crippen LogP contribution in [0, 0.1) is 0 Å². The maximum atomic E-state index is 6.60. The van der Waals surface area contributed by atoms with Gasteiger partial charge in [-0.2, -0.15) is 0 Å². The summed E-state index contributed by atoms with van der Waals surface area (Å²) in [5, 5.41) is 6.60. The molecule has 2 N–H and O–H groups in total. The molecule has 2 heterocycles. The van der Waals surface area contributed by atoms with Crippen LogP contribution in [0.25, 0.3) is 0 Å². The van der Waals surface area contributed by atoms with Gasteiger partial charge in [-0.25, -0.2) is 0 Å². The second kappa shape index (κ2) is 4.11. The second-order valence-corrected chi connectivity index (χ2v) is 8.55. The van der Waals surface area contributed by atoms with Crippen molar-refractivity contribution in [1.82, 2.24) is 4.57 Å². The van der Waals surface area contributed by atoms with E-state index in [2.05, 4.69) is 4.57 Å². The Morgan fingerprint density at radius 3 is 1.92 bits per heavy atom. The molecule has 2 aliphatic heterocycles. The largest absolute Gasteiger partial charge is 0.339 e. The molecular weight excluding hydrogens is 176 g/mol. The zero-order valence-electron chi connectivity index (χ0n) is 8.60. The summed E-state index contributed by atoms with van der Waals surface area (Å²) in [7, 11) is -1.40. The molecule has 2 fully saturated rings. The maximum absolute atomic E-state index is 6.60. The molecule has 2 aliphatic rings. The number of piperidine rings is 1. The van der Waals surface area contributed by atoms with Crippen LogP contribution in [-0.2, 0) is 0 Å². The van der Waals surface area contributed by atoms with Gasteiger partial charge in [0.2, 0.25) is 8.40 Å². The van der Waals surface area contributed by atoms with Gasteiger partial charge in [0.25, 0.3) is 0 Å². The van der Waals surface area contributed by atoms with E-state index < -0.39 is 8.40 Å². The summed E-state index contributed by atoms with van der Waals surface area (Å²) in [5.41, 5.74) is 0. The third-order valence-electron chi connectivity index (χ3n) is 3.71. The topological polar surface area (TPSA) is 29.3 Å². The van der Waals surface area contributed by atoms with E-state index in [0.29, 0.717) is 0 Å². The van der Waals surface area contributed by atoms with Gasteiger partial charge in [0.05, 0.1) is 0 Å². The highest BCUT2D eigenvalue weighted by atomic mass is 28.3. The van der Waals surface area contributed by atoms with Gasteiger partial charge in [-0.15, -0.1) is 0 Å². The molecule has 0 saturated carbocycles. The molecular formula is C10H22N2Si. The van der Waals surface area contributed by atoms with Gasteiger partial charge in [-0.3, -0.25) is 0 Å². The van der Waals surface area contributed by atoms with Gasteiger partial charge in [0, 0.05) is 0 Å². The molecule has 0 aromatic rings. The normalized spacial score (nSPS) is 30.2. The van der Waals surface area contributed by atoms with Crippen molar-refractivity contribution in [1.29, 1.82) is 0 Å². The zero-order chi connectivity index (χ0) is 9.15. The van der Waals surface area contributed by atoms with Crippen LogP contribution < -0.4 is 5.40 Å². The van der Waals surface area contributed by atoms with Crippen molar-refractivity contribution in [2.45, 2.75) is 50.6 Å². The van der Waals surface area contributed by atoms with Gasteiger partial charge in [-0.05, 0) is 38.0 Å². The van der Waals surface area contributed by atoms with E-state index in [1.54, 1.807) is 0 Å². The number of nitrogens with zero attached hydrogens (tertiary/aromatic N) is 1. The molecule has 0 atom stereocenters. The monoisotopic (exact) mass is 198 g/mol. The highest BCUT2D eigenvalue weighted by Gasteiger charge is 2.37. The lowest BCUT2D eigenvalue weighted by molar-refractivity contribution is 0.332. The van der Waals surface area contributed by atoms with E-state index >= 15 is 0 Å². The standard InChI is InChI=1S/C10H22N2Si/c11-13(9-5-2-6-10-13)12-7-3-1-4-8-12/h1-11H2. The van der Waals surface area contributed by atoms with Crippen LogP contribution in [0.2, 0.25) is 12.1 Å². The van der Waals surface area contributed by atoms with Gasteiger partial charge in [-0.1, -0.05) is 25.7 Å². The Morgan fingerprint density at radius 1 is 0.769 bits per heavy atom. The first kappa shape index (κ1) is 9.68. The lowest BCUT2D eigenvalue weighted by atomic mass is 10.2. The molecule has 3 heteroatoms. The van der Waals surface area contributed by atoms with Crippen LogP contribution >= 0.6 is 0 Å². The maximum Gasteiger partial charge on any atom is 0.201 e. The fraction of sp³-hybridized carbons (Fsp3) is 1.00. The highest BCUT2D eigenvalue weighted by Crippen LogP contribution is 2.29. The first-order valence-electron chi connectivity index (χ1n) is 5.85. The van der Waals surface area contributed by atoms with Crippen LogP contribution in [0.15, 0.2) is 0 Å². The average molecular weight is 198 g/mol. The molecule has 0 spiro atoms. The summed E-state index contributed by atoms with van der Waals surface area (Å²) in [6.07, 6.45) is 8.46. The summed E-state index contributed by atoms with van der Waals surface area (Å²) in [6.45, 7) is 2.62. The minimum absolute atomic E-state index is 1.31.